The van der Waals surface area contributed by atoms with Crippen LogP contribution >= 0.6 is 0 Å². The zero-order valence-electron chi connectivity index (χ0n) is 17.6. The summed E-state index contributed by atoms with van der Waals surface area (Å²) in [4.78, 5) is 0. The molecule has 1 fully saturated rings. The Morgan fingerprint density at radius 1 is 0.857 bits per heavy atom. The average Bonchev–Trinajstić information content (AvgIpc) is 2.76. The Balaban J connectivity index is 1.45. The molecule has 0 aliphatic heterocycles. The maximum absolute atomic E-state index is 3.28. The molecule has 0 heterocycles. The minimum absolute atomic E-state index is 0.692. The highest BCUT2D eigenvalue weighted by molar-refractivity contribution is 5.38. The van der Waals surface area contributed by atoms with Gasteiger partial charge in [0, 0.05) is 5.56 Å². The standard InChI is InChI=1S/C28H34/c1-3-5-8-24-11-13-25(14-12-24)9-6-7-10-26-17-21-28(22-18-26)27-19-15-23(4-2)16-20-27/h7,10-16,19-20,26,28H,3-5,8,17-18,21-22H2,1-2H3. The quantitative estimate of drug-likeness (QED) is 0.462. The highest BCUT2D eigenvalue weighted by Crippen LogP contribution is 2.36. The van der Waals surface area contributed by atoms with E-state index in [0.29, 0.717) is 5.92 Å². The molecule has 0 amide bonds. The lowest BCUT2D eigenvalue weighted by molar-refractivity contribution is 0.376. The van der Waals surface area contributed by atoms with Crippen molar-refractivity contribution in [2.45, 2.75) is 71.1 Å². The lowest BCUT2D eigenvalue weighted by atomic mass is 9.78. The van der Waals surface area contributed by atoms with E-state index in [1.54, 1.807) is 0 Å². The molecule has 0 atom stereocenters. The molecule has 3 rings (SSSR count). The third-order valence-corrected chi connectivity index (χ3v) is 6.07. The molecular formula is C28H34. The maximum Gasteiger partial charge on any atom is 0.0249 e. The van der Waals surface area contributed by atoms with Crippen molar-refractivity contribution < 1.29 is 0 Å². The predicted octanol–water partition coefficient (Wildman–Crippen LogP) is 7.47. The van der Waals surface area contributed by atoms with Gasteiger partial charge >= 0.3 is 0 Å². The highest BCUT2D eigenvalue weighted by Gasteiger charge is 2.20. The van der Waals surface area contributed by atoms with Gasteiger partial charge in [0.25, 0.3) is 0 Å². The molecule has 1 aliphatic rings. The third kappa shape index (κ3) is 6.13. The molecule has 0 nitrogen and oxygen atoms in total. The first-order valence-electron chi connectivity index (χ1n) is 11.1. The van der Waals surface area contributed by atoms with Gasteiger partial charge in [0.2, 0.25) is 0 Å². The largest absolute Gasteiger partial charge is 0.0730 e. The van der Waals surface area contributed by atoms with Crippen LogP contribution < -0.4 is 0 Å². The summed E-state index contributed by atoms with van der Waals surface area (Å²) >= 11 is 0. The van der Waals surface area contributed by atoms with Crippen LogP contribution in [0.4, 0.5) is 0 Å². The molecule has 0 bridgehead atoms. The molecule has 0 N–H and O–H groups in total. The molecule has 0 unspecified atom stereocenters. The summed E-state index contributed by atoms with van der Waals surface area (Å²) in [6.45, 7) is 4.46. The second-order valence-corrected chi connectivity index (χ2v) is 8.14. The third-order valence-electron chi connectivity index (χ3n) is 6.07. The van der Waals surface area contributed by atoms with E-state index >= 15 is 0 Å². The molecule has 0 aromatic heterocycles. The van der Waals surface area contributed by atoms with Gasteiger partial charge in [-0.15, -0.1) is 0 Å². The lowest BCUT2D eigenvalue weighted by Crippen LogP contribution is -2.11. The summed E-state index contributed by atoms with van der Waals surface area (Å²) in [5.41, 5.74) is 5.50. The number of hydrogen-bond acceptors (Lipinski definition) is 0. The SMILES string of the molecule is CCCCc1ccc(C#CC=CC2CCC(c3ccc(CC)cc3)CC2)cc1. The molecule has 0 spiro atoms. The van der Waals surface area contributed by atoms with Gasteiger partial charge in [0.1, 0.15) is 0 Å². The molecule has 0 radical (unpaired) electrons. The van der Waals surface area contributed by atoms with Gasteiger partial charge in [0.05, 0.1) is 0 Å². The zero-order chi connectivity index (χ0) is 19.6. The van der Waals surface area contributed by atoms with Gasteiger partial charge in [-0.25, -0.2) is 0 Å². The number of unbranched alkanes of at least 4 members (excludes halogenated alkanes) is 1. The Labute approximate surface area is 172 Å². The Kier molecular flexibility index (Phi) is 7.98. The van der Waals surface area contributed by atoms with Crippen LogP contribution in [0.3, 0.4) is 0 Å². The molecule has 1 saturated carbocycles. The molecule has 0 saturated heterocycles. The van der Waals surface area contributed by atoms with E-state index in [4.69, 9.17) is 0 Å². The van der Waals surface area contributed by atoms with Gasteiger partial charge in [-0.2, -0.15) is 0 Å². The predicted molar refractivity (Wildman–Crippen MR) is 122 cm³/mol. The first kappa shape index (κ1) is 20.5. The summed E-state index contributed by atoms with van der Waals surface area (Å²) in [6, 6.07) is 18.0. The molecule has 1 aliphatic carbocycles. The van der Waals surface area contributed by atoms with Crippen molar-refractivity contribution in [3.63, 3.8) is 0 Å². The Morgan fingerprint density at radius 2 is 1.54 bits per heavy atom. The summed E-state index contributed by atoms with van der Waals surface area (Å²) < 4.78 is 0. The van der Waals surface area contributed by atoms with Gasteiger partial charge in [-0.3, -0.25) is 0 Å². The molecule has 2 aromatic rings. The Morgan fingerprint density at radius 3 is 2.18 bits per heavy atom. The molecular weight excluding hydrogens is 336 g/mol. The zero-order valence-corrected chi connectivity index (χ0v) is 17.6. The first-order valence-corrected chi connectivity index (χ1v) is 11.1. The van der Waals surface area contributed by atoms with Crippen molar-refractivity contribution in [3.8, 4) is 11.8 Å². The number of rotatable bonds is 6. The van der Waals surface area contributed by atoms with Crippen molar-refractivity contribution in [3.05, 3.63) is 82.9 Å². The smallest absolute Gasteiger partial charge is 0.0249 e. The minimum Gasteiger partial charge on any atom is -0.0730 e. The normalized spacial score (nSPS) is 19.4. The van der Waals surface area contributed by atoms with E-state index in [2.05, 4.69) is 86.4 Å². The van der Waals surface area contributed by atoms with Crippen molar-refractivity contribution in [2.24, 2.45) is 5.92 Å². The van der Waals surface area contributed by atoms with E-state index in [9.17, 15) is 0 Å². The van der Waals surface area contributed by atoms with Crippen LogP contribution in [0.15, 0.2) is 60.7 Å². The van der Waals surface area contributed by atoms with Crippen LogP contribution in [0, 0.1) is 17.8 Å². The van der Waals surface area contributed by atoms with E-state index in [0.717, 1.165) is 17.9 Å². The second-order valence-electron chi connectivity index (χ2n) is 8.14. The summed E-state index contributed by atoms with van der Waals surface area (Å²) in [6.07, 6.45) is 14.4. The van der Waals surface area contributed by atoms with Crippen molar-refractivity contribution >= 4 is 0 Å². The molecule has 2 aromatic carbocycles. The number of allylic oxidation sites excluding steroid dienone is 2. The van der Waals surface area contributed by atoms with Crippen LogP contribution in [-0.2, 0) is 12.8 Å². The summed E-state index contributed by atoms with van der Waals surface area (Å²) in [5.74, 6) is 7.95. The van der Waals surface area contributed by atoms with Crippen molar-refractivity contribution in [2.75, 3.05) is 0 Å². The Hall–Kier alpha value is -2.26. The van der Waals surface area contributed by atoms with Gasteiger partial charge in [0.15, 0.2) is 0 Å². The van der Waals surface area contributed by atoms with E-state index in [-0.39, 0.29) is 0 Å². The second kappa shape index (κ2) is 10.9. The Bertz CT molecular complexity index is 788. The van der Waals surface area contributed by atoms with Gasteiger partial charge < -0.3 is 0 Å². The van der Waals surface area contributed by atoms with E-state index in [1.165, 1.54) is 61.6 Å². The van der Waals surface area contributed by atoms with Crippen LogP contribution in [0.1, 0.15) is 80.5 Å². The van der Waals surface area contributed by atoms with Gasteiger partial charge in [-0.05, 0) is 91.7 Å². The molecule has 0 heteroatoms. The average molecular weight is 371 g/mol. The fraction of sp³-hybridized carbons (Fsp3) is 0.429. The lowest BCUT2D eigenvalue weighted by Gasteiger charge is -2.27. The number of aryl methyl sites for hydroxylation is 2. The number of hydrogen-bond donors (Lipinski definition) is 0. The van der Waals surface area contributed by atoms with Crippen LogP contribution in [0.5, 0.6) is 0 Å². The maximum atomic E-state index is 3.28. The van der Waals surface area contributed by atoms with Crippen LogP contribution in [0.2, 0.25) is 0 Å². The summed E-state index contributed by atoms with van der Waals surface area (Å²) in [5, 5.41) is 0. The molecule has 28 heavy (non-hydrogen) atoms. The number of benzene rings is 2. The monoisotopic (exact) mass is 370 g/mol. The van der Waals surface area contributed by atoms with Crippen molar-refractivity contribution in [1.29, 1.82) is 0 Å². The first-order chi connectivity index (χ1) is 13.8. The van der Waals surface area contributed by atoms with E-state index in [1.807, 2.05) is 0 Å². The minimum atomic E-state index is 0.692. The van der Waals surface area contributed by atoms with E-state index < -0.39 is 0 Å². The molecule has 146 valence electrons. The summed E-state index contributed by atoms with van der Waals surface area (Å²) in [7, 11) is 0. The highest BCUT2D eigenvalue weighted by atomic mass is 14.2. The van der Waals surface area contributed by atoms with Crippen LogP contribution in [-0.4, -0.2) is 0 Å². The topological polar surface area (TPSA) is 0 Å². The fourth-order valence-corrected chi connectivity index (χ4v) is 4.12. The van der Waals surface area contributed by atoms with Crippen LogP contribution in [0.25, 0.3) is 0 Å². The van der Waals surface area contributed by atoms with Gasteiger partial charge in [-0.1, -0.05) is 74.6 Å². The van der Waals surface area contributed by atoms with Crippen molar-refractivity contribution in [1.82, 2.24) is 0 Å². The fourth-order valence-electron chi connectivity index (χ4n) is 4.12.